The molecule has 5 heteroatoms. The average Bonchev–Trinajstić information content (AvgIpc) is 2.45. The van der Waals surface area contributed by atoms with Crippen molar-refractivity contribution in [3.63, 3.8) is 0 Å². The standard InChI is InChI=1S/C19H31N3O2/c1-15-10-13-22(16(2)14-20(3)4)19(24)17(15)18(23)21-11-8-6-5-7-9-12-21/h10,13,16H,5-9,11-12,14H2,1-4H3. The first-order valence-corrected chi connectivity index (χ1v) is 9.07. The highest BCUT2D eigenvalue weighted by molar-refractivity contribution is 5.95. The molecule has 1 aromatic rings. The molecule has 0 bridgehead atoms. The lowest BCUT2D eigenvalue weighted by molar-refractivity contribution is 0.0739. The van der Waals surface area contributed by atoms with Crippen molar-refractivity contribution in [2.75, 3.05) is 33.7 Å². The average molecular weight is 333 g/mol. The summed E-state index contributed by atoms with van der Waals surface area (Å²) in [4.78, 5) is 29.9. The number of rotatable bonds is 4. The van der Waals surface area contributed by atoms with E-state index in [1.807, 2.05) is 45.1 Å². The summed E-state index contributed by atoms with van der Waals surface area (Å²) in [5.74, 6) is -0.0918. The van der Waals surface area contributed by atoms with Crippen LogP contribution in [0.2, 0.25) is 0 Å². The van der Waals surface area contributed by atoms with Crippen molar-refractivity contribution < 1.29 is 4.79 Å². The number of aryl methyl sites for hydroxylation is 1. The Balaban J connectivity index is 2.31. The van der Waals surface area contributed by atoms with Crippen molar-refractivity contribution in [2.45, 2.75) is 52.0 Å². The molecule has 0 saturated carbocycles. The van der Waals surface area contributed by atoms with Crippen LogP contribution in [-0.4, -0.2) is 54.0 Å². The second kappa shape index (κ2) is 8.47. The maximum Gasteiger partial charge on any atom is 0.263 e. The molecule has 0 N–H and O–H groups in total. The zero-order valence-corrected chi connectivity index (χ0v) is 15.5. The zero-order chi connectivity index (χ0) is 17.7. The molecule has 1 aliphatic rings. The lowest BCUT2D eigenvalue weighted by Gasteiger charge is -2.26. The summed E-state index contributed by atoms with van der Waals surface area (Å²) in [5.41, 5.74) is 0.973. The summed E-state index contributed by atoms with van der Waals surface area (Å²) in [6.45, 7) is 6.17. The Kier molecular flexibility index (Phi) is 6.60. The minimum Gasteiger partial charge on any atom is -0.338 e. The largest absolute Gasteiger partial charge is 0.338 e. The van der Waals surface area contributed by atoms with Crippen LogP contribution in [0, 0.1) is 6.92 Å². The normalized spacial score (nSPS) is 17.5. The van der Waals surface area contributed by atoms with Crippen molar-refractivity contribution in [1.82, 2.24) is 14.4 Å². The third-order valence-corrected chi connectivity index (χ3v) is 4.79. The van der Waals surface area contributed by atoms with Gasteiger partial charge in [0.1, 0.15) is 5.56 Å². The van der Waals surface area contributed by atoms with Gasteiger partial charge in [-0.15, -0.1) is 0 Å². The molecule has 1 amide bonds. The molecular formula is C19H31N3O2. The van der Waals surface area contributed by atoms with Gasteiger partial charge in [0.05, 0.1) is 0 Å². The third-order valence-electron chi connectivity index (χ3n) is 4.79. The highest BCUT2D eigenvalue weighted by atomic mass is 16.2. The highest BCUT2D eigenvalue weighted by Crippen LogP contribution is 2.15. The van der Waals surface area contributed by atoms with Gasteiger partial charge in [-0.2, -0.15) is 0 Å². The van der Waals surface area contributed by atoms with E-state index < -0.39 is 0 Å². The molecule has 134 valence electrons. The second-order valence-corrected chi connectivity index (χ2v) is 7.26. The van der Waals surface area contributed by atoms with Gasteiger partial charge in [-0.25, -0.2) is 0 Å². The SMILES string of the molecule is Cc1ccn(C(C)CN(C)C)c(=O)c1C(=O)N1CCCCCCC1. The molecule has 1 fully saturated rings. The quantitative estimate of drug-likeness (QED) is 0.851. The van der Waals surface area contributed by atoms with Crippen LogP contribution < -0.4 is 5.56 Å². The number of pyridine rings is 1. The van der Waals surface area contributed by atoms with E-state index in [4.69, 9.17) is 0 Å². The molecule has 0 aromatic carbocycles. The number of likely N-dealkylation sites (N-methyl/N-ethyl adjacent to an activating group) is 1. The number of carbonyl (C=O) groups excluding carboxylic acids is 1. The number of carbonyl (C=O) groups is 1. The van der Waals surface area contributed by atoms with Crippen molar-refractivity contribution in [3.8, 4) is 0 Å². The molecule has 1 unspecified atom stereocenters. The number of nitrogens with zero attached hydrogens (tertiary/aromatic N) is 3. The monoisotopic (exact) mass is 333 g/mol. The fourth-order valence-electron chi connectivity index (χ4n) is 3.47. The molecule has 1 aliphatic heterocycles. The van der Waals surface area contributed by atoms with Crippen LogP contribution in [0.4, 0.5) is 0 Å². The Bertz CT molecular complexity index is 614. The van der Waals surface area contributed by atoms with Crippen LogP contribution in [0.3, 0.4) is 0 Å². The van der Waals surface area contributed by atoms with Gasteiger partial charge < -0.3 is 14.4 Å². The molecular weight excluding hydrogens is 302 g/mol. The van der Waals surface area contributed by atoms with Crippen molar-refractivity contribution in [2.24, 2.45) is 0 Å². The summed E-state index contributed by atoms with van der Waals surface area (Å²) in [6, 6.07) is 1.93. The number of aromatic nitrogens is 1. The van der Waals surface area contributed by atoms with Crippen LogP contribution >= 0.6 is 0 Å². The Hall–Kier alpha value is -1.62. The molecule has 1 aromatic heterocycles. The van der Waals surface area contributed by atoms with Crippen LogP contribution in [0.25, 0.3) is 0 Å². The van der Waals surface area contributed by atoms with Gasteiger partial charge in [0, 0.05) is 31.9 Å². The Morgan fingerprint density at radius 1 is 1.17 bits per heavy atom. The van der Waals surface area contributed by atoms with Gasteiger partial charge in [-0.1, -0.05) is 19.3 Å². The van der Waals surface area contributed by atoms with Gasteiger partial charge in [-0.05, 0) is 52.4 Å². The van der Waals surface area contributed by atoms with Gasteiger partial charge in [-0.3, -0.25) is 9.59 Å². The van der Waals surface area contributed by atoms with E-state index in [1.165, 1.54) is 19.3 Å². The molecule has 0 spiro atoms. The van der Waals surface area contributed by atoms with E-state index in [2.05, 4.69) is 4.90 Å². The predicted molar refractivity (Wildman–Crippen MR) is 97.7 cm³/mol. The number of amides is 1. The van der Waals surface area contributed by atoms with Crippen LogP contribution in [0.5, 0.6) is 0 Å². The fraction of sp³-hybridized carbons (Fsp3) is 0.684. The Morgan fingerprint density at radius 2 is 1.75 bits per heavy atom. The first kappa shape index (κ1) is 18.7. The van der Waals surface area contributed by atoms with E-state index >= 15 is 0 Å². The van der Waals surface area contributed by atoms with Crippen molar-refractivity contribution >= 4 is 5.91 Å². The topological polar surface area (TPSA) is 45.6 Å². The first-order valence-electron chi connectivity index (χ1n) is 9.07. The number of likely N-dealkylation sites (tertiary alicyclic amines) is 1. The van der Waals surface area contributed by atoms with Crippen LogP contribution in [-0.2, 0) is 0 Å². The molecule has 0 aliphatic carbocycles. The molecule has 2 heterocycles. The summed E-state index contributed by atoms with van der Waals surface area (Å²) in [6.07, 6.45) is 7.46. The lowest BCUT2D eigenvalue weighted by Crippen LogP contribution is -2.40. The van der Waals surface area contributed by atoms with Gasteiger partial charge in [0.15, 0.2) is 0 Å². The van der Waals surface area contributed by atoms with E-state index in [1.54, 1.807) is 4.57 Å². The summed E-state index contributed by atoms with van der Waals surface area (Å²) in [7, 11) is 3.98. The smallest absolute Gasteiger partial charge is 0.263 e. The predicted octanol–water partition coefficient (Wildman–Crippen LogP) is 2.69. The maximum absolute atomic E-state index is 13.0. The third kappa shape index (κ3) is 4.47. The second-order valence-electron chi connectivity index (χ2n) is 7.26. The van der Waals surface area contributed by atoms with E-state index in [9.17, 15) is 9.59 Å². The van der Waals surface area contributed by atoms with Crippen LogP contribution in [0.15, 0.2) is 17.1 Å². The molecule has 1 atom stereocenters. The number of hydrogen-bond acceptors (Lipinski definition) is 3. The zero-order valence-electron chi connectivity index (χ0n) is 15.5. The van der Waals surface area contributed by atoms with Gasteiger partial charge in [0.25, 0.3) is 11.5 Å². The molecule has 0 radical (unpaired) electrons. The first-order chi connectivity index (χ1) is 11.4. The molecule has 5 nitrogen and oxygen atoms in total. The van der Waals surface area contributed by atoms with Crippen LogP contribution in [0.1, 0.15) is 61.0 Å². The highest BCUT2D eigenvalue weighted by Gasteiger charge is 2.23. The number of hydrogen-bond donors (Lipinski definition) is 0. The summed E-state index contributed by atoms with van der Waals surface area (Å²) < 4.78 is 1.70. The minimum absolute atomic E-state index is 0.0342. The van der Waals surface area contributed by atoms with E-state index in [0.29, 0.717) is 5.56 Å². The fourth-order valence-corrected chi connectivity index (χ4v) is 3.47. The maximum atomic E-state index is 13.0. The summed E-state index contributed by atoms with van der Waals surface area (Å²) >= 11 is 0. The van der Waals surface area contributed by atoms with E-state index in [-0.39, 0.29) is 17.5 Å². The van der Waals surface area contributed by atoms with Gasteiger partial charge >= 0.3 is 0 Å². The van der Waals surface area contributed by atoms with Crippen molar-refractivity contribution in [1.29, 1.82) is 0 Å². The molecule has 1 saturated heterocycles. The molecule has 24 heavy (non-hydrogen) atoms. The van der Waals surface area contributed by atoms with Crippen molar-refractivity contribution in [3.05, 3.63) is 33.7 Å². The molecule has 2 rings (SSSR count). The summed E-state index contributed by atoms with van der Waals surface area (Å²) in [5, 5.41) is 0. The Labute approximate surface area is 145 Å². The lowest BCUT2D eigenvalue weighted by atomic mass is 10.1. The van der Waals surface area contributed by atoms with E-state index in [0.717, 1.165) is 38.0 Å². The minimum atomic E-state index is -0.156. The Morgan fingerprint density at radius 3 is 2.33 bits per heavy atom. The van der Waals surface area contributed by atoms with Gasteiger partial charge in [0.2, 0.25) is 0 Å².